The molecule has 0 spiro atoms. The molecular formula is C21H22N2O2. The first-order valence-electron chi connectivity index (χ1n) is 8.31. The van der Waals surface area contributed by atoms with Gasteiger partial charge in [-0.25, -0.2) is 0 Å². The summed E-state index contributed by atoms with van der Waals surface area (Å²) in [7, 11) is 0. The first kappa shape index (κ1) is 18.5. The van der Waals surface area contributed by atoms with Crippen LogP contribution in [0.4, 0.5) is 0 Å². The molecule has 0 aliphatic heterocycles. The molecule has 0 unspecified atom stereocenters. The Balaban J connectivity index is 1.82. The van der Waals surface area contributed by atoms with Gasteiger partial charge in [-0.15, -0.1) is 0 Å². The van der Waals surface area contributed by atoms with E-state index in [1.54, 1.807) is 38.1 Å². The molecule has 0 saturated heterocycles. The van der Waals surface area contributed by atoms with Crippen LogP contribution in [0.25, 0.3) is 0 Å². The predicted octanol–water partition coefficient (Wildman–Crippen LogP) is 4.06. The molecule has 2 rings (SSSR count). The normalized spacial score (nSPS) is 12.1. The fourth-order valence-electron chi connectivity index (χ4n) is 2.30. The number of hydrogen-bond donors (Lipinski definition) is 0. The number of nitrogens with zero attached hydrogens (tertiary/aromatic N) is 2. The van der Waals surface area contributed by atoms with Crippen LogP contribution < -0.4 is 0 Å². The van der Waals surface area contributed by atoms with E-state index in [1.165, 1.54) is 0 Å². The predicted molar refractivity (Wildman–Crippen MR) is 102 cm³/mol. The van der Waals surface area contributed by atoms with Gasteiger partial charge in [0.2, 0.25) is 11.6 Å². The van der Waals surface area contributed by atoms with Crippen LogP contribution in [0.2, 0.25) is 0 Å². The van der Waals surface area contributed by atoms with Crippen LogP contribution in [0.5, 0.6) is 0 Å². The van der Waals surface area contributed by atoms with Crippen molar-refractivity contribution in [3.05, 3.63) is 71.8 Å². The summed E-state index contributed by atoms with van der Waals surface area (Å²) in [6.45, 7) is 4.48. The molecule has 25 heavy (non-hydrogen) atoms. The standard InChI is InChI=1S/C21H22N2O2/c1-16(20(24)18-10-5-3-6-11-18)22-14-9-15-23-17(2)21(25)19-12-7-4-8-13-19/h3-8,10-13H,9,14-15H2,1-2H3. The number of benzene rings is 2. The van der Waals surface area contributed by atoms with E-state index in [1.807, 2.05) is 36.4 Å². The van der Waals surface area contributed by atoms with Crippen molar-refractivity contribution in [2.75, 3.05) is 13.1 Å². The van der Waals surface area contributed by atoms with Gasteiger partial charge in [0.25, 0.3) is 0 Å². The second-order valence-electron chi connectivity index (χ2n) is 5.68. The zero-order valence-electron chi connectivity index (χ0n) is 14.6. The highest BCUT2D eigenvalue weighted by molar-refractivity contribution is 6.45. The molecule has 2 aromatic rings. The van der Waals surface area contributed by atoms with Crippen LogP contribution in [-0.2, 0) is 0 Å². The maximum atomic E-state index is 12.2. The van der Waals surface area contributed by atoms with E-state index in [0.717, 1.165) is 0 Å². The summed E-state index contributed by atoms with van der Waals surface area (Å²) in [5.41, 5.74) is 2.27. The average molecular weight is 334 g/mol. The van der Waals surface area contributed by atoms with E-state index < -0.39 is 0 Å². The molecule has 0 fully saturated rings. The summed E-state index contributed by atoms with van der Waals surface area (Å²) >= 11 is 0. The summed E-state index contributed by atoms with van der Waals surface area (Å²) in [6, 6.07) is 18.2. The third-order valence-electron chi connectivity index (χ3n) is 3.74. The molecule has 0 aliphatic rings. The van der Waals surface area contributed by atoms with Gasteiger partial charge in [-0.05, 0) is 20.3 Å². The van der Waals surface area contributed by atoms with Crippen molar-refractivity contribution in [1.29, 1.82) is 0 Å². The van der Waals surface area contributed by atoms with Gasteiger partial charge >= 0.3 is 0 Å². The summed E-state index contributed by atoms with van der Waals surface area (Å²) in [5.74, 6) is -0.112. The lowest BCUT2D eigenvalue weighted by atomic mass is 10.1. The SMILES string of the molecule is CC(=NCCCN=C(C)C(=O)c1ccccc1)C(=O)c1ccccc1. The van der Waals surface area contributed by atoms with E-state index in [0.29, 0.717) is 42.1 Å². The smallest absolute Gasteiger partial charge is 0.206 e. The number of ketones is 2. The van der Waals surface area contributed by atoms with Gasteiger partial charge in [0.1, 0.15) is 0 Å². The minimum Gasteiger partial charge on any atom is -0.287 e. The molecular weight excluding hydrogens is 312 g/mol. The summed E-state index contributed by atoms with van der Waals surface area (Å²) in [5, 5.41) is 0. The molecule has 0 N–H and O–H groups in total. The fourth-order valence-corrected chi connectivity index (χ4v) is 2.30. The van der Waals surface area contributed by atoms with Crippen molar-refractivity contribution in [1.82, 2.24) is 0 Å². The maximum absolute atomic E-state index is 12.2. The van der Waals surface area contributed by atoms with Gasteiger partial charge in [-0.2, -0.15) is 0 Å². The minimum absolute atomic E-state index is 0.0560. The lowest BCUT2D eigenvalue weighted by Gasteiger charge is -2.02. The number of Topliss-reactive ketones (excluding diaryl/α,β-unsaturated/α-hetero) is 2. The average Bonchev–Trinajstić information content (AvgIpc) is 2.67. The Labute approximate surface area is 148 Å². The number of carbonyl (C=O) groups is 2. The van der Waals surface area contributed by atoms with Crippen molar-refractivity contribution >= 4 is 23.0 Å². The van der Waals surface area contributed by atoms with Crippen LogP contribution >= 0.6 is 0 Å². The Morgan fingerprint density at radius 1 is 0.680 bits per heavy atom. The number of carbonyl (C=O) groups excluding carboxylic acids is 2. The highest BCUT2D eigenvalue weighted by Gasteiger charge is 2.09. The van der Waals surface area contributed by atoms with E-state index in [-0.39, 0.29) is 11.6 Å². The highest BCUT2D eigenvalue weighted by Crippen LogP contribution is 2.03. The van der Waals surface area contributed by atoms with Gasteiger partial charge in [0.05, 0.1) is 11.4 Å². The molecule has 4 nitrogen and oxygen atoms in total. The van der Waals surface area contributed by atoms with E-state index >= 15 is 0 Å². The first-order chi connectivity index (χ1) is 12.1. The molecule has 2 aromatic carbocycles. The van der Waals surface area contributed by atoms with Crippen molar-refractivity contribution < 1.29 is 9.59 Å². The number of aliphatic imine (C=N–C) groups is 2. The zero-order chi connectivity index (χ0) is 18.1. The first-order valence-corrected chi connectivity index (χ1v) is 8.31. The van der Waals surface area contributed by atoms with Crippen LogP contribution in [0.15, 0.2) is 70.6 Å². The van der Waals surface area contributed by atoms with Crippen molar-refractivity contribution in [3.63, 3.8) is 0 Å². The van der Waals surface area contributed by atoms with Crippen LogP contribution in [0, 0.1) is 0 Å². The quantitative estimate of drug-likeness (QED) is 0.415. The van der Waals surface area contributed by atoms with Crippen LogP contribution in [-0.4, -0.2) is 36.1 Å². The molecule has 0 saturated carbocycles. The summed E-state index contributed by atoms with van der Waals surface area (Å²) in [6.07, 6.45) is 0.693. The van der Waals surface area contributed by atoms with Gasteiger partial charge in [-0.1, -0.05) is 60.7 Å². The largest absolute Gasteiger partial charge is 0.287 e. The molecule has 128 valence electrons. The second-order valence-corrected chi connectivity index (χ2v) is 5.68. The highest BCUT2D eigenvalue weighted by atomic mass is 16.1. The van der Waals surface area contributed by atoms with Crippen molar-refractivity contribution in [3.8, 4) is 0 Å². The summed E-state index contributed by atoms with van der Waals surface area (Å²) < 4.78 is 0. The Morgan fingerprint density at radius 3 is 1.40 bits per heavy atom. The van der Waals surface area contributed by atoms with Gasteiger partial charge < -0.3 is 0 Å². The Bertz CT molecular complexity index is 711. The van der Waals surface area contributed by atoms with Crippen LogP contribution in [0.3, 0.4) is 0 Å². The van der Waals surface area contributed by atoms with E-state index in [4.69, 9.17) is 0 Å². The molecule has 0 aliphatic carbocycles. The monoisotopic (exact) mass is 334 g/mol. The van der Waals surface area contributed by atoms with Crippen LogP contribution in [0.1, 0.15) is 41.0 Å². The zero-order valence-corrected chi connectivity index (χ0v) is 14.6. The van der Waals surface area contributed by atoms with Gasteiger partial charge in [-0.3, -0.25) is 19.6 Å². The topological polar surface area (TPSA) is 58.9 Å². The summed E-state index contributed by atoms with van der Waals surface area (Å²) in [4.78, 5) is 32.9. The number of rotatable bonds is 8. The fraction of sp³-hybridized carbons (Fsp3) is 0.238. The Hall–Kier alpha value is -2.88. The van der Waals surface area contributed by atoms with E-state index in [9.17, 15) is 9.59 Å². The van der Waals surface area contributed by atoms with Gasteiger partial charge in [0.15, 0.2) is 0 Å². The third-order valence-corrected chi connectivity index (χ3v) is 3.74. The maximum Gasteiger partial charge on any atom is 0.206 e. The Kier molecular flexibility index (Phi) is 6.96. The Morgan fingerprint density at radius 2 is 1.04 bits per heavy atom. The lowest BCUT2D eigenvalue weighted by molar-refractivity contribution is 0.105. The number of hydrogen-bond acceptors (Lipinski definition) is 4. The second kappa shape index (κ2) is 9.42. The third kappa shape index (κ3) is 5.60. The van der Waals surface area contributed by atoms with Crippen molar-refractivity contribution in [2.24, 2.45) is 9.98 Å². The molecule has 0 radical (unpaired) electrons. The molecule has 0 aromatic heterocycles. The van der Waals surface area contributed by atoms with Gasteiger partial charge in [0, 0.05) is 24.2 Å². The van der Waals surface area contributed by atoms with Crippen molar-refractivity contribution in [2.45, 2.75) is 20.3 Å². The molecule has 0 atom stereocenters. The molecule has 0 amide bonds. The van der Waals surface area contributed by atoms with E-state index in [2.05, 4.69) is 9.98 Å². The lowest BCUT2D eigenvalue weighted by Crippen LogP contribution is -2.12. The minimum atomic E-state index is -0.0560. The molecule has 0 bridgehead atoms. The molecule has 0 heterocycles. The molecule has 4 heteroatoms.